The number of nitrogen functional groups attached to an aromatic ring is 1. The number of esters is 1. The van der Waals surface area contributed by atoms with Crippen LogP contribution in [0.4, 0.5) is 11.4 Å². The highest BCUT2D eigenvalue weighted by Crippen LogP contribution is 2.29. The molecule has 0 amide bonds. The van der Waals surface area contributed by atoms with Crippen molar-refractivity contribution in [2.75, 3.05) is 36.2 Å². The molecule has 0 aliphatic rings. The molecule has 0 heterocycles. The SMILES string of the molecule is CCOC(=O)c1cc(N)cc(Cl)c1NCCCS(C)=O. The van der Waals surface area contributed by atoms with Crippen LogP contribution in [-0.2, 0) is 15.5 Å². The van der Waals surface area contributed by atoms with Crippen molar-refractivity contribution in [3.8, 4) is 0 Å². The second-order valence-electron chi connectivity index (χ2n) is 4.20. The quantitative estimate of drug-likeness (QED) is 0.458. The summed E-state index contributed by atoms with van der Waals surface area (Å²) in [5.74, 6) is 0.122. The normalized spacial score (nSPS) is 11.9. The van der Waals surface area contributed by atoms with Crippen molar-refractivity contribution >= 4 is 39.7 Å². The van der Waals surface area contributed by atoms with Gasteiger partial charge in [-0.25, -0.2) is 4.79 Å². The van der Waals surface area contributed by atoms with E-state index < -0.39 is 16.8 Å². The maximum absolute atomic E-state index is 11.9. The fraction of sp³-hybridized carbons (Fsp3) is 0.462. The van der Waals surface area contributed by atoms with Crippen LogP contribution in [0.3, 0.4) is 0 Å². The van der Waals surface area contributed by atoms with Crippen molar-refractivity contribution in [2.24, 2.45) is 0 Å². The van der Waals surface area contributed by atoms with E-state index in [1.165, 1.54) is 6.07 Å². The molecule has 0 bridgehead atoms. The average Bonchev–Trinajstić information content (AvgIpc) is 2.35. The van der Waals surface area contributed by atoms with Crippen molar-refractivity contribution in [3.63, 3.8) is 0 Å². The number of carbonyl (C=O) groups excluding carboxylic acids is 1. The van der Waals surface area contributed by atoms with Crippen LogP contribution in [0.1, 0.15) is 23.7 Å². The highest BCUT2D eigenvalue weighted by atomic mass is 35.5. The number of hydrogen-bond donors (Lipinski definition) is 2. The maximum Gasteiger partial charge on any atom is 0.340 e. The summed E-state index contributed by atoms with van der Waals surface area (Å²) < 4.78 is 16.0. The number of ether oxygens (including phenoxy) is 1. The third kappa shape index (κ3) is 5.02. The summed E-state index contributed by atoms with van der Waals surface area (Å²) >= 11 is 6.11. The summed E-state index contributed by atoms with van der Waals surface area (Å²) in [5.41, 5.74) is 6.91. The highest BCUT2D eigenvalue weighted by Gasteiger charge is 2.16. The molecule has 1 aromatic carbocycles. The second-order valence-corrected chi connectivity index (χ2v) is 6.17. The van der Waals surface area contributed by atoms with Crippen molar-refractivity contribution < 1.29 is 13.7 Å². The van der Waals surface area contributed by atoms with Crippen LogP contribution in [0.2, 0.25) is 5.02 Å². The summed E-state index contributed by atoms with van der Waals surface area (Å²) in [5, 5.41) is 3.45. The molecule has 1 atom stereocenters. The van der Waals surface area contributed by atoms with Crippen LogP contribution in [0.25, 0.3) is 0 Å². The van der Waals surface area contributed by atoms with Crippen molar-refractivity contribution in [3.05, 3.63) is 22.7 Å². The van der Waals surface area contributed by atoms with Crippen molar-refractivity contribution in [1.82, 2.24) is 0 Å². The number of nitrogens with one attached hydrogen (secondary N) is 1. The van der Waals surface area contributed by atoms with Crippen molar-refractivity contribution in [1.29, 1.82) is 0 Å². The first-order valence-corrected chi connectivity index (χ1v) is 8.36. The predicted molar refractivity (Wildman–Crippen MR) is 83.9 cm³/mol. The smallest absolute Gasteiger partial charge is 0.340 e. The minimum absolute atomic E-state index is 0.277. The van der Waals surface area contributed by atoms with Gasteiger partial charge in [-0.15, -0.1) is 0 Å². The first-order chi connectivity index (χ1) is 9.45. The van der Waals surface area contributed by atoms with E-state index in [2.05, 4.69) is 5.32 Å². The zero-order valence-corrected chi connectivity index (χ0v) is 13.1. The molecule has 0 aromatic heterocycles. The zero-order valence-electron chi connectivity index (χ0n) is 11.6. The predicted octanol–water partition coefficient (Wildman–Crippen LogP) is 2.28. The Bertz CT molecular complexity index is 509. The molecule has 0 saturated heterocycles. The van der Waals surface area contributed by atoms with E-state index >= 15 is 0 Å². The molecule has 7 heteroatoms. The van der Waals surface area contributed by atoms with Gasteiger partial charge in [0.25, 0.3) is 0 Å². The molecule has 0 saturated carbocycles. The fourth-order valence-corrected chi connectivity index (χ4v) is 2.51. The van der Waals surface area contributed by atoms with E-state index in [1.54, 1.807) is 19.2 Å². The standard InChI is InChI=1S/C13H19ClN2O3S/c1-3-19-13(17)10-7-9(15)8-11(14)12(10)16-5-4-6-20(2)18/h7-8,16H,3-6,15H2,1-2H3. The van der Waals surface area contributed by atoms with E-state index in [0.29, 0.717) is 40.7 Å². The lowest BCUT2D eigenvalue weighted by Gasteiger charge is -2.14. The van der Waals surface area contributed by atoms with Gasteiger partial charge in [-0.3, -0.25) is 4.21 Å². The topological polar surface area (TPSA) is 81.4 Å². The van der Waals surface area contributed by atoms with Gasteiger partial charge < -0.3 is 15.8 Å². The highest BCUT2D eigenvalue weighted by molar-refractivity contribution is 7.84. The lowest BCUT2D eigenvalue weighted by atomic mass is 10.1. The Morgan fingerprint density at radius 3 is 2.80 bits per heavy atom. The number of anilines is 2. The van der Waals surface area contributed by atoms with Gasteiger partial charge in [-0.1, -0.05) is 11.6 Å². The van der Waals surface area contributed by atoms with Gasteiger partial charge >= 0.3 is 5.97 Å². The Labute approximate surface area is 126 Å². The molecule has 0 aliphatic carbocycles. The van der Waals surface area contributed by atoms with Crippen LogP contribution in [-0.4, -0.2) is 35.3 Å². The summed E-state index contributed by atoms with van der Waals surface area (Å²) in [6.45, 7) is 2.57. The molecule has 5 nitrogen and oxygen atoms in total. The number of rotatable bonds is 7. The van der Waals surface area contributed by atoms with Gasteiger partial charge in [0.1, 0.15) is 0 Å². The third-order valence-corrected chi connectivity index (χ3v) is 3.68. The number of halogens is 1. The van der Waals surface area contributed by atoms with E-state index in [0.717, 1.165) is 0 Å². The molecule has 20 heavy (non-hydrogen) atoms. The molecular formula is C13H19ClN2O3S. The summed E-state index contributed by atoms with van der Waals surface area (Å²) in [7, 11) is -0.834. The van der Waals surface area contributed by atoms with E-state index in [4.69, 9.17) is 22.1 Å². The number of carbonyl (C=O) groups is 1. The van der Waals surface area contributed by atoms with Gasteiger partial charge in [0, 0.05) is 35.0 Å². The molecule has 0 radical (unpaired) electrons. The Kier molecular flexibility index (Phi) is 6.81. The average molecular weight is 319 g/mol. The lowest BCUT2D eigenvalue weighted by molar-refractivity contribution is 0.0527. The minimum atomic E-state index is -0.834. The molecule has 1 aromatic rings. The Balaban J connectivity index is 2.86. The van der Waals surface area contributed by atoms with Crippen LogP contribution in [0.5, 0.6) is 0 Å². The van der Waals surface area contributed by atoms with E-state index in [-0.39, 0.29) is 6.61 Å². The van der Waals surface area contributed by atoms with Crippen LogP contribution in [0.15, 0.2) is 12.1 Å². The molecule has 1 rings (SSSR count). The monoisotopic (exact) mass is 318 g/mol. The van der Waals surface area contributed by atoms with Gasteiger partial charge in [0.05, 0.1) is 22.9 Å². The van der Waals surface area contributed by atoms with Gasteiger partial charge in [0.2, 0.25) is 0 Å². The first kappa shape index (κ1) is 16.8. The molecule has 112 valence electrons. The van der Waals surface area contributed by atoms with E-state index in [9.17, 15) is 9.00 Å². The van der Waals surface area contributed by atoms with Gasteiger partial charge in [-0.2, -0.15) is 0 Å². The van der Waals surface area contributed by atoms with Gasteiger partial charge in [0.15, 0.2) is 0 Å². The minimum Gasteiger partial charge on any atom is -0.462 e. The largest absolute Gasteiger partial charge is 0.462 e. The Morgan fingerprint density at radius 1 is 1.50 bits per heavy atom. The lowest BCUT2D eigenvalue weighted by Crippen LogP contribution is -2.13. The molecule has 0 aliphatic heterocycles. The third-order valence-electron chi connectivity index (χ3n) is 2.52. The van der Waals surface area contributed by atoms with Crippen molar-refractivity contribution in [2.45, 2.75) is 13.3 Å². The number of nitrogens with two attached hydrogens (primary N) is 1. The summed E-state index contributed by atoms with van der Waals surface area (Å²) in [6, 6.07) is 3.11. The first-order valence-electron chi connectivity index (χ1n) is 6.25. The number of benzene rings is 1. The Hall–Kier alpha value is -1.27. The van der Waals surface area contributed by atoms with Crippen LogP contribution in [0, 0.1) is 0 Å². The maximum atomic E-state index is 11.9. The summed E-state index contributed by atoms with van der Waals surface area (Å²) in [4.78, 5) is 11.9. The molecule has 3 N–H and O–H groups in total. The molecule has 0 fully saturated rings. The van der Waals surface area contributed by atoms with Crippen LogP contribution < -0.4 is 11.1 Å². The zero-order chi connectivity index (χ0) is 15.1. The second kappa shape index (κ2) is 8.11. The molecular weight excluding hydrogens is 300 g/mol. The number of hydrogen-bond acceptors (Lipinski definition) is 5. The van der Waals surface area contributed by atoms with Crippen LogP contribution >= 0.6 is 11.6 Å². The van der Waals surface area contributed by atoms with E-state index in [1.807, 2.05) is 0 Å². The summed E-state index contributed by atoms with van der Waals surface area (Å²) in [6.07, 6.45) is 2.37. The molecule has 1 unspecified atom stereocenters. The molecule has 0 spiro atoms. The fourth-order valence-electron chi connectivity index (χ4n) is 1.67. The Morgan fingerprint density at radius 2 is 2.20 bits per heavy atom. The van der Waals surface area contributed by atoms with Gasteiger partial charge in [-0.05, 0) is 25.5 Å².